The summed E-state index contributed by atoms with van der Waals surface area (Å²) in [7, 11) is -3.77. The first kappa shape index (κ1) is 22.3. The summed E-state index contributed by atoms with van der Waals surface area (Å²) in [5.41, 5.74) is 0.518. The maximum Gasteiger partial charge on any atom is 0.338 e. The Morgan fingerprint density at radius 3 is 2.26 bits per heavy atom. The largest absolute Gasteiger partial charge is 0.494 e. The Morgan fingerprint density at radius 2 is 1.65 bits per heavy atom. The summed E-state index contributed by atoms with van der Waals surface area (Å²) in [6.07, 6.45) is 1.45. The lowest BCUT2D eigenvalue weighted by molar-refractivity contribution is 0.0474. The number of ether oxygens (including phenoxy) is 2. The molecule has 0 aliphatic carbocycles. The van der Waals surface area contributed by atoms with Crippen molar-refractivity contribution in [2.75, 3.05) is 13.2 Å². The van der Waals surface area contributed by atoms with Crippen LogP contribution in [-0.2, 0) is 21.3 Å². The Bertz CT molecular complexity index is 1120. The van der Waals surface area contributed by atoms with Crippen molar-refractivity contribution in [1.29, 1.82) is 0 Å². The summed E-state index contributed by atoms with van der Waals surface area (Å²) < 4.78 is 42.5. The van der Waals surface area contributed by atoms with Gasteiger partial charge in [-0.2, -0.15) is 0 Å². The zero-order valence-corrected chi connectivity index (χ0v) is 17.6. The first-order valence-electron chi connectivity index (χ1n) is 9.44. The van der Waals surface area contributed by atoms with E-state index in [1.807, 2.05) is 6.92 Å². The summed E-state index contributed by atoms with van der Waals surface area (Å²) >= 11 is 0. The molecule has 0 amide bonds. The van der Waals surface area contributed by atoms with E-state index in [2.05, 4.69) is 4.72 Å². The summed E-state index contributed by atoms with van der Waals surface area (Å²) in [4.78, 5) is 24.4. The number of furan rings is 1. The molecule has 3 aromatic rings. The highest BCUT2D eigenvalue weighted by Crippen LogP contribution is 2.14. The van der Waals surface area contributed by atoms with Gasteiger partial charge in [-0.1, -0.05) is 0 Å². The third-order valence-corrected chi connectivity index (χ3v) is 5.66. The van der Waals surface area contributed by atoms with Gasteiger partial charge in [0.25, 0.3) is 0 Å². The van der Waals surface area contributed by atoms with Crippen LogP contribution in [0.15, 0.2) is 76.2 Å². The average molecular weight is 443 g/mol. The van der Waals surface area contributed by atoms with Crippen molar-refractivity contribution < 1.29 is 31.9 Å². The number of rotatable bonds is 10. The number of esters is 1. The third-order valence-electron chi connectivity index (χ3n) is 4.24. The van der Waals surface area contributed by atoms with E-state index in [4.69, 9.17) is 13.9 Å². The predicted octanol–water partition coefficient (Wildman–Crippen LogP) is 3.20. The van der Waals surface area contributed by atoms with Gasteiger partial charge in [-0.05, 0) is 67.6 Å². The molecule has 0 saturated heterocycles. The fraction of sp³-hybridized carbons (Fsp3) is 0.182. The quantitative estimate of drug-likeness (QED) is 0.378. The van der Waals surface area contributed by atoms with Gasteiger partial charge in [0.1, 0.15) is 11.5 Å². The van der Waals surface area contributed by atoms with E-state index < -0.39 is 22.6 Å². The minimum Gasteiger partial charge on any atom is -0.494 e. The molecule has 0 aliphatic rings. The van der Waals surface area contributed by atoms with E-state index >= 15 is 0 Å². The number of benzene rings is 2. The molecular formula is C22H21NO7S. The van der Waals surface area contributed by atoms with Gasteiger partial charge in [0, 0.05) is 5.56 Å². The molecule has 0 atom stereocenters. The van der Waals surface area contributed by atoms with Crippen LogP contribution in [0.25, 0.3) is 0 Å². The van der Waals surface area contributed by atoms with Gasteiger partial charge in [-0.15, -0.1) is 0 Å². The van der Waals surface area contributed by atoms with Crippen molar-refractivity contribution in [3.63, 3.8) is 0 Å². The SMILES string of the molecule is CCOc1ccc(C(=O)COC(=O)c2ccc(S(=O)(=O)NCc3ccco3)cc2)cc1. The Balaban J connectivity index is 1.55. The van der Waals surface area contributed by atoms with Crippen LogP contribution in [0.4, 0.5) is 0 Å². The van der Waals surface area contributed by atoms with Gasteiger partial charge in [0.2, 0.25) is 10.0 Å². The van der Waals surface area contributed by atoms with Crippen molar-refractivity contribution in [3.8, 4) is 5.75 Å². The molecule has 8 nitrogen and oxygen atoms in total. The fourth-order valence-electron chi connectivity index (χ4n) is 2.63. The predicted molar refractivity (Wildman–Crippen MR) is 111 cm³/mol. The number of carbonyl (C=O) groups excluding carboxylic acids is 2. The van der Waals surface area contributed by atoms with Gasteiger partial charge in [0.05, 0.1) is 29.9 Å². The molecule has 1 N–H and O–H groups in total. The molecule has 1 heterocycles. The summed E-state index contributed by atoms with van der Waals surface area (Å²) in [5, 5.41) is 0. The smallest absolute Gasteiger partial charge is 0.338 e. The number of ketones is 1. The molecule has 0 radical (unpaired) electrons. The summed E-state index contributed by atoms with van der Waals surface area (Å²) in [6, 6.07) is 15.0. The normalized spacial score (nSPS) is 11.1. The molecule has 162 valence electrons. The van der Waals surface area contributed by atoms with E-state index in [0.717, 1.165) is 0 Å². The van der Waals surface area contributed by atoms with Crippen LogP contribution in [0, 0.1) is 0 Å². The van der Waals surface area contributed by atoms with Crippen molar-refractivity contribution in [3.05, 3.63) is 83.8 Å². The van der Waals surface area contributed by atoms with Crippen molar-refractivity contribution in [2.24, 2.45) is 0 Å². The second kappa shape index (κ2) is 10.1. The standard InChI is InChI=1S/C22H21NO7S/c1-2-28-18-9-5-16(6-10-18)21(24)15-30-22(25)17-7-11-20(12-8-17)31(26,27)23-14-19-4-3-13-29-19/h3-13,23H,2,14-15H2,1H3. The second-order valence-corrected chi connectivity index (χ2v) is 8.15. The van der Waals surface area contributed by atoms with E-state index in [9.17, 15) is 18.0 Å². The lowest BCUT2D eigenvalue weighted by atomic mass is 10.1. The maximum absolute atomic E-state index is 12.3. The van der Waals surface area contributed by atoms with Gasteiger partial charge in [-0.3, -0.25) is 4.79 Å². The first-order valence-corrected chi connectivity index (χ1v) is 10.9. The molecule has 9 heteroatoms. The van der Waals surface area contributed by atoms with E-state index in [1.165, 1.54) is 30.5 Å². The number of Topliss-reactive ketones (excluding diaryl/α,β-unsaturated/α-hetero) is 1. The summed E-state index contributed by atoms with van der Waals surface area (Å²) in [5.74, 6) is 0.0233. The number of hydrogen-bond donors (Lipinski definition) is 1. The number of carbonyl (C=O) groups is 2. The Morgan fingerprint density at radius 1 is 0.968 bits per heavy atom. The van der Waals surface area contributed by atoms with Crippen LogP contribution in [-0.4, -0.2) is 33.4 Å². The molecule has 0 bridgehead atoms. The lowest BCUT2D eigenvalue weighted by Gasteiger charge is -2.08. The molecule has 0 saturated carbocycles. The fourth-order valence-corrected chi connectivity index (χ4v) is 3.63. The Labute approximate surface area is 179 Å². The lowest BCUT2D eigenvalue weighted by Crippen LogP contribution is -2.23. The third kappa shape index (κ3) is 6.03. The van der Waals surface area contributed by atoms with Crippen LogP contribution in [0.5, 0.6) is 5.75 Å². The van der Waals surface area contributed by atoms with Crippen molar-refractivity contribution in [2.45, 2.75) is 18.4 Å². The second-order valence-electron chi connectivity index (χ2n) is 6.38. The number of nitrogens with one attached hydrogen (secondary N) is 1. The van der Waals surface area contributed by atoms with Gasteiger partial charge >= 0.3 is 5.97 Å². The molecule has 3 rings (SSSR count). The first-order chi connectivity index (χ1) is 14.9. The molecular weight excluding hydrogens is 422 g/mol. The van der Waals surface area contributed by atoms with Crippen molar-refractivity contribution in [1.82, 2.24) is 4.72 Å². The Kier molecular flexibility index (Phi) is 7.22. The van der Waals surface area contributed by atoms with Crippen LogP contribution in [0.1, 0.15) is 33.4 Å². The zero-order valence-electron chi connectivity index (χ0n) is 16.7. The minimum absolute atomic E-state index is 0.00673. The minimum atomic E-state index is -3.77. The molecule has 0 unspecified atom stereocenters. The topological polar surface area (TPSA) is 112 Å². The van der Waals surface area contributed by atoms with Gasteiger partial charge in [-0.25, -0.2) is 17.9 Å². The van der Waals surface area contributed by atoms with E-state index in [-0.39, 0.29) is 22.8 Å². The average Bonchev–Trinajstić information content (AvgIpc) is 3.30. The Hall–Kier alpha value is -3.43. The van der Waals surface area contributed by atoms with Crippen LogP contribution in [0.2, 0.25) is 0 Å². The van der Waals surface area contributed by atoms with Gasteiger partial charge < -0.3 is 13.9 Å². The van der Waals surface area contributed by atoms with Crippen molar-refractivity contribution >= 4 is 21.8 Å². The number of hydrogen-bond acceptors (Lipinski definition) is 7. The molecule has 2 aromatic carbocycles. The highest BCUT2D eigenvalue weighted by atomic mass is 32.2. The highest BCUT2D eigenvalue weighted by molar-refractivity contribution is 7.89. The zero-order chi connectivity index (χ0) is 22.3. The van der Waals surface area contributed by atoms with Crippen LogP contribution in [0.3, 0.4) is 0 Å². The van der Waals surface area contributed by atoms with E-state index in [1.54, 1.807) is 36.4 Å². The molecule has 31 heavy (non-hydrogen) atoms. The molecule has 1 aromatic heterocycles. The monoisotopic (exact) mass is 443 g/mol. The molecule has 0 aliphatic heterocycles. The van der Waals surface area contributed by atoms with Crippen LogP contribution >= 0.6 is 0 Å². The van der Waals surface area contributed by atoms with E-state index in [0.29, 0.717) is 23.7 Å². The number of sulfonamides is 1. The highest BCUT2D eigenvalue weighted by Gasteiger charge is 2.17. The maximum atomic E-state index is 12.3. The van der Waals surface area contributed by atoms with Gasteiger partial charge in [0.15, 0.2) is 12.4 Å². The summed E-state index contributed by atoms with van der Waals surface area (Å²) in [6.45, 7) is 1.95. The molecule has 0 fully saturated rings. The molecule has 0 spiro atoms. The van der Waals surface area contributed by atoms with Crippen LogP contribution < -0.4 is 9.46 Å².